The highest BCUT2D eigenvalue weighted by Gasteiger charge is 2.15. The van der Waals surface area contributed by atoms with Crippen LogP contribution < -0.4 is 10.6 Å². The summed E-state index contributed by atoms with van der Waals surface area (Å²) >= 11 is 7.40. The molecule has 1 amide bonds. The number of halogens is 1. The van der Waals surface area contributed by atoms with Crippen molar-refractivity contribution in [3.63, 3.8) is 0 Å². The molecule has 8 nitrogen and oxygen atoms in total. The number of benzene rings is 2. The Balaban J connectivity index is 1.57. The summed E-state index contributed by atoms with van der Waals surface area (Å²) in [6.45, 7) is 1.85. The van der Waals surface area contributed by atoms with Crippen molar-refractivity contribution >= 4 is 61.8 Å². The van der Waals surface area contributed by atoms with Crippen molar-refractivity contribution in [3.8, 4) is 0 Å². The molecule has 4 aromatic rings. The van der Waals surface area contributed by atoms with Gasteiger partial charge in [0.15, 0.2) is 5.13 Å². The Bertz CT molecular complexity index is 1290. The number of nitrogens with one attached hydrogen (secondary N) is 2. The van der Waals surface area contributed by atoms with Gasteiger partial charge in [-0.1, -0.05) is 22.9 Å². The third-order valence-corrected chi connectivity index (χ3v) is 5.38. The largest absolute Gasteiger partial charge is 0.478 e. The third kappa shape index (κ3) is 4.22. The second-order valence-electron chi connectivity index (χ2n) is 6.30. The van der Waals surface area contributed by atoms with Gasteiger partial charge in [0.1, 0.15) is 0 Å². The van der Waals surface area contributed by atoms with Crippen molar-refractivity contribution in [1.82, 2.24) is 15.0 Å². The smallest absolute Gasteiger partial charge is 0.335 e. The highest BCUT2D eigenvalue weighted by molar-refractivity contribution is 7.22. The lowest BCUT2D eigenvalue weighted by atomic mass is 10.2. The Morgan fingerprint density at radius 1 is 1.10 bits per heavy atom. The highest BCUT2D eigenvalue weighted by Crippen LogP contribution is 2.29. The van der Waals surface area contributed by atoms with Crippen molar-refractivity contribution in [3.05, 3.63) is 70.5 Å². The average Bonchev–Trinajstić information content (AvgIpc) is 3.10. The van der Waals surface area contributed by atoms with Gasteiger partial charge in [0.25, 0.3) is 5.91 Å². The predicted octanol–water partition coefficient (Wildman–Crippen LogP) is 4.74. The molecule has 4 rings (SSSR count). The molecule has 150 valence electrons. The normalized spacial score (nSPS) is 10.7. The zero-order valence-electron chi connectivity index (χ0n) is 15.5. The summed E-state index contributed by atoms with van der Waals surface area (Å²) in [5.74, 6) is -1.06. The zero-order valence-corrected chi connectivity index (χ0v) is 17.1. The molecule has 2 aromatic carbocycles. The van der Waals surface area contributed by atoms with E-state index in [1.54, 1.807) is 36.5 Å². The topological polar surface area (TPSA) is 117 Å². The van der Waals surface area contributed by atoms with Crippen LogP contribution in [0.2, 0.25) is 5.02 Å². The van der Waals surface area contributed by atoms with E-state index in [4.69, 9.17) is 16.7 Å². The van der Waals surface area contributed by atoms with E-state index in [1.165, 1.54) is 23.5 Å². The average molecular weight is 440 g/mol. The summed E-state index contributed by atoms with van der Waals surface area (Å²) in [6.07, 6.45) is 1.64. The third-order valence-electron chi connectivity index (χ3n) is 4.12. The van der Waals surface area contributed by atoms with E-state index in [0.29, 0.717) is 27.0 Å². The van der Waals surface area contributed by atoms with E-state index in [0.717, 1.165) is 5.69 Å². The first kappa shape index (κ1) is 19.7. The fraction of sp³-hybridized carbons (Fsp3) is 0.0500. The summed E-state index contributed by atoms with van der Waals surface area (Å²) in [7, 11) is 0. The number of hydrogen-bond acceptors (Lipinski definition) is 7. The summed E-state index contributed by atoms with van der Waals surface area (Å²) in [5, 5.41) is 15.5. The number of fused-ring (bicyclic) bond motifs is 1. The molecular formula is C20H14ClN5O3S. The van der Waals surface area contributed by atoms with Crippen LogP contribution in [0.15, 0.2) is 48.7 Å². The molecule has 2 heterocycles. The molecule has 0 spiro atoms. The van der Waals surface area contributed by atoms with Gasteiger partial charge in [-0.05, 0) is 49.4 Å². The van der Waals surface area contributed by atoms with Crippen LogP contribution in [-0.2, 0) is 0 Å². The summed E-state index contributed by atoms with van der Waals surface area (Å²) in [5.41, 5.74) is 2.41. The van der Waals surface area contributed by atoms with E-state index >= 15 is 0 Å². The number of rotatable bonds is 5. The lowest BCUT2D eigenvalue weighted by molar-refractivity contribution is 0.0697. The summed E-state index contributed by atoms with van der Waals surface area (Å²) < 4.78 is 0.656. The van der Waals surface area contributed by atoms with Gasteiger partial charge in [-0.25, -0.2) is 19.7 Å². The molecule has 0 bridgehead atoms. The molecule has 0 unspecified atom stereocenters. The Kier molecular flexibility index (Phi) is 5.30. The van der Waals surface area contributed by atoms with Gasteiger partial charge < -0.3 is 10.4 Å². The van der Waals surface area contributed by atoms with E-state index in [-0.39, 0.29) is 16.1 Å². The molecule has 0 aliphatic heterocycles. The molecule has 0 aliphatic carbocycles. The predicted molar refractivity (Wildman–Crippen MR) is 116 cm³/mol. The number of amides is 1. The fourth-order valence-corrected chi connectivity index (χ4v) is 3.79. The van der Waals surface area contributed by atoms with Gasteiger partial charge >= 0.3 is 5.97 Å². The summed E-state index contributed by atoms with van der Waals surface area (Å²) in [6, 6.07) is 11.3. The van der Waals surface area contributed by atoms with Crippen molar-refractivity contribution in [2.45, 2.75) is 6.92 Å². The van der Waals surface area contributed by atoms with E-state index in [9.17, 15) is 9.59 Å². The maximum atomic E-state index is 12.8. The lowest BCUT2D eigenvalue weighted by Gasteiger charge is -2.09. The van der Waals surface area contributed by atoms with Crippen LogP contribution in [0, 0.1) is 6.92 Å². The quantitative estimate of drug-likeness (QED) is 0.411. The Morgan fingerprint density at radius 2 is 1.93 bits per heavy atom. The number of nitrogens with zero attached hydrogens (tertiary/aromatic N) is 3. The van der Waals surface area contributed by atoms with Crippen LogP contribution in [-0.4, -0.2) is 31.9 Å². The van der Waals surface area contributed by atoms with Crippen molar-refractivity contribution in [2.24, 2.45) is 0 Å². The van der Waals surface area contributed by atoms with Gasteiger partial charge in [0.05, 0.1) is 26.4 Å². The van der Waals surface area contributed by atoms with Crippen LogP contribution in [0.25, 0.3) is 10.2 Å². The molecule has 0 atom stereocenters. The molecule has 0 saturated heterocycles. The van der Waals surface area contributed by atoms with Crippen molar-refractivity contribution < 1.29 is 14.7 Å². The Morgan fingerprint density at radius 3 is 2.70 bits per heavy atom. The van der Waals surface area contributed by atoms with Crippen LogP contribution >= 0.6 is 22.9 Å². The second kappa shape index (κ2) is 8.05. The standard InChI is InChI=1S/C20H14ClN5O3S/c1-10-6-7-22-19(23-10)24-12-3-4-14(21)13(9-12)17(27)26-20-25-15-5-2-11(18(28)29)8-16(15)30-20/h2-9H,1H3,(H,28,29)(H,22,23,24)(H,25,26,27). The minimum atomic E-state index is -1.02. The first-order valence-corrected chi connectivity index (χ1v) is 9.90. The zero-order chi connectivity index (χ0) is 21.3. The second-order valence-corrected chi connectivity index (χ2v) is 7.74. The highest BCUT2D eigenvalue weighted by atomic mass is 35.5. The minimum absolute atomic E-state index is 0.157. The van der Waals surface area contributed by atoms with Gasteiger partial charge in [-0.2, -0.15) is 0 Å². The first-order chi connectivity index (χ1) is 14.4. The number of carbonyl (C=O) groups excluding carboxylic acids is 1. The Hall–Kier alpha value is -3.56. The number of aromatic nitrogens is 3. The maximum absolute atomic E-state index is 12.8. The first-order valence-electron chi connectivity index (χ1n) is 8.70. The van der Waals surface area contributed by atoms with Crippen LogP contribution in [0.4, 0.5) is 16.8 Å². The van der Waals surface area contributed by atoms with E-state index < -0.39 is 11.9 Å². The van der Waals surface area contributed by atoms with Crippen molar-refractivity contribution in [2.75, 3.05) is 10.6 Å². The monoisotopic (exact) mass is 439 g/mol. The molecule has 0 saturated carbocycles. The molecule has 10 heteroatoms. The maximum Gasteiger partial charge on any atom is 0.335 e. The van der Waals surface area contributed by atoms with Crippen LogP contribution in [0.3, 0.4) is 0 Å². The molecule has 30 heavy (non-hydrogen) atoms. The number of carboxylic acid groups (broad SMARTS) is 1. The lowest BCUT2D eigenvalue weighted by Crippen LogP contribution is -2.12. The number of thiazole rings is 1. The molecule has 0 aliphatic rings. The van der Waals surface area contributed by atoms with Gasteiger partial charge in [-0.15, -0.1) is 0 Å². The fourth-order valence-electron chi connectivity index (χ4n) is 2.69. The van der Waals surface area contributed by atoms with Gasteiger partial charge in [0, 0.05) is 17.6 Å². The van der Waals surface area contributed by atoms with E-state index in [2.05, 4.69) is 25.6 Å². The number of carbonyl (C=O) groups is 2. The van der Waals surface area contributed by atoms with Crippen LogP contribution in [0.5, 0.6) is 0 Å². The molecule has 0 radical (unpaired) electrons. The van der Waals surface area contributed by atoms with Gasteiger partial charge in [-0.3, -0.25) is 10.1 Å². The SMILES string of the molecule is Cc1ccnc(Nc2ccc(Cl)c(C(=O)Nc3nc4ccc(C(=O)O)cc4s3)c2)n1. The Labute approximate surface area is 179 Å². The molecule has 3 N–H and O–H groups in total. The molecule has 0 fully saturated rings. The number of aromatic carboxylic acids is 1. The number of anilines is 3. The van der Waals surface area contributed by atoms with E-state index in [1.807, 2.05) is 6.92 Å². The van der Waals surface area contributed by atoms with Crippen LogP contribution in [0.1, 0.15) is 26.4 Å². The summed E-state index contributed by atoms with van der Waals surface area (Å²) in [4.78, 5) is 36.6. The minimum Gasteiger partial charge on any atom is -0.478 e. The number of aryl methyl sites for hydroxylation is 1. The molecular weight excluding hydrogens is 426 g/mol. The van der Waals surface area contributed by atoms with Gasteiger partial charge in [0.2, 0.25) is 5.95 Å². The molecule has 2 aromatic heterocycles. The van der Waals surface area contributed by atoms with Crippen molar-refractivity contribution in [1.29, 1.82) is 0 Å². The number of carboxylic acids is 1. The number of hydrogen-bond donors (Lipinski definition) is 3.